The van der Waals surface area contributed by atoms with Gasteiger partial charge in [-0.05, 0) is 43.7 Å². The lowest BCUT2D eigenvalue weighted by Crippen LogP contribution is -2.49. The van der Waals surface area contributed by atoms with E-state index in [0.29, 0.717) is 29.7 Å². The fourth-order valence-electron chi connectivity index (χ4n) is 4.79. The minimum atomic E-state index is -1.38. The predicted octanol–water partition coefficient (Wildman–Crippen LogP) is 3.10. The molecule has 1 saturated heterocycles. The number of nitrogens with zero attached hydrogens (tertiary/aromatic N) is 3. The van der Waals surface area contributed by atoms with Gasteiger partial charge in [-0.1, -0.05) is 12.1 Å². The third-order valence-electron chi connectivity index (χ3n) is 6.71. The Morgan fingerprint density at radius 3 is 2.65 bits per heavy atom. The SMILES string of the molecule is CNC(=O)c1ccc(-c2ccc(OC(C)(C)C(=O)N3CC[C@@]4(C3)OC(=O)c3cnccc34)c(F)c2)cn1. The van der Waals surface area contributed by atoms with Crippen LogP contribution >= 0.6 is 0 Å². The topological polar surface area (TPSA) is 111 Å². The molecule has 0 saturated carbocycles. The Bertz CT molecular complexity index is 1410. The van der Waals surface area contributed by atoms with Crippen molar-refractivity contribution in [2.75, 3.05) is 20.1 Å². The number of benzene rings is 1. The van der Waals surface area contributed by atoms with Crippen molar-refractivity contribution in [3.05, 3.63) is 77.6 Å². The molecule has 1 spiro atoms. The number of aromatic nitrogens is 2. The van der Waals surface area contributed by atoms with Gasteiger partial charge in [-0.15, -0.1) is 0 Å². The van der Waals surface area contributed by atoms with E-state index in [1.54, 1.807) is 49.2 Å². The monoisotopic (exact) mass is 504 g/mol. The van der Waals surface area contributed by atoms with Gasteiger partial charge < -0.3 is 19.7 Å². The van der Waals surface area contributed by atoms with Crippen LogP contribution in [0.1, 0.15) is 46.7 Å². The van der Waals surface area contributed by atoms with E-state index in [0.717, 1.165) is 5.56 Å². The van der Waals surface area contributed by atoms with E-state index in [-0.39, 0.29) is 29.8 Å². The van der Waals surface area contributed by atoms with E-state index >= 15 is 4.39 Å². The molecule has 2 aliphatic rings. The average molecular weight is 505 g/mol. The van der Waals surface area contributed by atoms with Crippen LogP contribution in [0.15, 0.2) is 55.0 Å². The summed E-state index contributed by atoms with van der Waals surface area (Å²) in [6.45, 7) is 3.70. The molecule has 2 aliphatic heterocycles. The molecule has 9 nitrogen and oxygen atoms in total. The molecule has 1 fully saturated rings. The van der Waals surface area contributed by atoms with Gasteiger partial charge in [-0.2, -0.15) is 0 Å². The number of fused-ring (bicyclic) bond motifs is 2. The first kappa shape index (κ1) is 24.4. The van der Waals surface area contributed by atoms with Gasteiger partial charge in [-0.3, -0.25) is 19.6 Å². The number of carbonyl (C=O) groups excluding carboxylic acids is 3. The molecule has 0 unspecified atom stereocenters. The first-order valence-corrected chi connectivity index (χ1v) is 11.8. The lowest BCUT2D eigenvalue weighted by Gasteiger charge is -2.31. The van der Waals surface area contributed by atoms with E-state index in [1.165, 1.54) is 31.6 Å². The third-order valence-corrected chi connectivity index (χ3v) is 6.71. The number of ether oxygens (including phenoxy) is 2. The number of pyridine rings is 2. The van der Waals surface area contributed by atoms with Crippen LogP contribution in [0.3, 0.4) is 0 Å². The highest BCUT2D eigenvalue weighted by Crippen LogP contribution is 2.43. The molecule has 3 aromatic rings. The number of likely N-dealkylation sites (tertiary alicyclic amines) is 1. The highest BCUT2D eigenvalue weighted by Gasteiger charge is 2.52. The number of hydrogen-bond donors (Lipinski definition) is 1. The summed E-state index contributed by atoms with van der Waals surface area (Å²) < 4.78 is 26.6. The zero-order chi connectivity index (χ0) is 26.4. The first-order valence-electron chi connectivity index (χ1n) is 11.8. The fraction of sp³-hybridized carbons (Fsp3) is 0.296. The molecule has 0 radical (unpaired) electrons. The van der Waals surface area contributed by atoms with Gasteiger partial charge in [0.05, 0.1) is 12.1 Å². The van der Waals surface area contributed by atoms with Crippen molar-refractivity contribution in [1.29, 1.82) is 0 Å². The van der Waals surface area contributed by atoms with E-state index in [9.17, 15) is 14.4 Å². The summed E-state index contributed by atoms with van der Waals surface area (Å²) in [6.07, 6.45) is 5.01. The summed E-state index contributed by atoms with van der Waals surface area (Å²) >= 11 is 0. The maximum absolute atomic E-state index is 15.0. The number of amides is 2. The Balaban J connectivity index is 1.30. The Kier molecular flexibility index (Phi) is 5.89. The third kappa shape index (κ3) is 4.28. The summed E-state index contributed by atoms with van der Waals surface area (Å²) in [5, 5.41) is 2.50. The predicted molar refractivity (Wildman–Crippen MR) is 130 cm³/mol. The normalized spacial score (nSPS) is 18.5. The number of halogens is 1. The second kappa shape index (κ2) is 8.95. The van der Waals surface area contributed by atoms with Crippen molar-refractivity contribution >= 4 is 17.8 Å². The van der Waals surface area contributed by atoms with Crippen molar-refractivity contribution in [1.82, 2.24) is 20.2 Å². The van der Waals surface area contributed by atoms with Crippen LogP contribution in [0.4, 0.5) is 4.39 Å². The van der Waals surface area contributed by atoms with E-state index < -0.39 is 23.0 Å². The molecule has 2 amide bonds. The number of rotatable bonds is 5. The maximum atomic E-state index is 15.0. The minimum absolute atomic E-state index is 0.0744. The minimum Gasteiger partial charge on any atom is -0.475 e. The highest BCUT2D eigenvalue weighted by atomic mass is 19.1. The van der Waals surface area contributed by atoms with Gasteiger partial charge in [-0.25, -0.2) is 9.18 Å². The fourth-order valence-corrected chi connectivity index (χ4v) is 4.79. The Hall–Kier alpha value is -4.34. The zero-order valence-electron chi connectivity index (χ0n) is 20.6. The smallest absolute Gasteiger partial charge is 0.341 e. The summed E-state index contributed by atoms with van der Waals surface area (Å²) in [5.74, 6) is -1.83. The summed E-state index contributed by atoms with van der Waals surface area (Å²) in [7, 11) is 1.51. The van der Waals surface area contributed by atoms with Gasteiger partial charge in [0, 0.05) is 49.7 Å². The number of carbonyl (C=O) groups is 3. The Labute approximate surface area is 212 Å². The molecule has 1 atom stereocenters. The van der Waals surface area contributed by atoms with Crippen LogP contribution in [0.5, 0.6) is 5.75 Å². The Morgan fingerprint density at radius 2 is 1.95 bits per heavy atom. The zero-order valence-corrected chi connectivity index (χ0v) is 20.6. The molecule has 1 N–H and O–H groups in total. The lowest BCUT2D eigenvalue weighted by molar-refractivity contribution is -0.145. The number of hydrogen-bond acceptors (Lipinski definition) is 7. The van der Waals surface area contributed by atoms with Crippen LogP contribution in [0, 0.1) is 5.82 Å². The molecule has 5 rings (SSSR count). The summed E-state index contributed by atoms with van der Waals surface area (Å²) in [6, 6.07) is 9.38. The molecule has 37 heavy (non-hydrogen) atoms. The van der Waals surface area contributed by atoms with Crippen molar-refractivity contribution in [3.63, 3.8) is 0 Å². The summed E-state index contributed by atoms with van der Waals surface area (Å²) in [4.78, 5) is 47.1. The largest absolute Gasteiger partial charge is 0.475 e. The van der Waals surface area contributed by atoms with Gasteiger partial charge in [0.2, 0.25) is 0 Å². The van der Waals surface area contributed by atoms with Crippen LogP contribution in [-0.4, -0.2) is 58.4 Å². The van der Waals surface area contributed by atoms with Gasteiger partial charge in [0.15, 0.2) is 22.8 Å². The van der Waals surface area contributed by atoms with Gasteiger partial charge in [0.25, 0.3) is 11.8 Å². The molecule has 4 heterocycles. The molecule has 190 valence electrons. The van der Waals surface area contributed by atoms with Crippen LogP contribution < -0.4 is 10.1 Å². The molecule has 0 bridgehead atoms. The maximum Gasteiger partial charge on any atom is 0.341 e. The molecule has 2 aromatic heterocycles. The average Bonchev–Trinajstić information content (AvgIpc) is 3.45. The molecule has 1 aromatic carbocycles. The van der Waals surface area contributed by atoms with Crippen molar-refractivity contribution in [2.24, 2.45) is 0 Å². The first-order chi connectivity index (χ1) is 17.6. The van der Waals surface area contributed by atoms with E-state index in [1.807, 2.05) is 0 Å². The molecular weight excluding hydrogens is 479 g/mol. The summed E-state index contributed by atoms with van der Waals surface area (Å²) in [5.41, 5.74) is 0.265. The van der Waals surface area contributed by atoms with Crippen LogP contribution in [0.25, 0.3) is 11.1 Å². The molecular formula is C27H25FN4O5. The van der Waals surface area contributed by atoms with Crippen molar-refractivity contribution in [2.45, 2.75) is 31.5 Å². The van der Waals surface area contributed by atoms with E-state index in [4.69, 9.17) is 9.47 Å². The van der Waals surface area contributed by atoms with Gasteiger partial charge in [0.1, 0.15) is 5.69 Å². The number of esters is 1. The van der Waals surface area contributed by atoms with Crippen LogP contribution in [0.2, 0.25) is 0 Å². The van der Waals surface area contributed by atoms with Crippen molar-refractivity contribution in [3.8, 4) is 16.9 Å². The number of nitrogens with one attached hydrogen (secondary N) is 1. The second-order valence-corrected chi connectivity index (χ2v) is 9.55. The van der Waals surface area contributed by atoms with Gasteiger partial charge >= 0.3 is 5.97 Å². The second-order valence-electron chi connectivity index (χ2n) is 9.55. The van der Waals surface area contributed by atoms with Crippen LogP contribution in [-0.2, 0) is 15.1 Å². The Morgan fingerprint density at radius 1 is 1.16 bits per heavy atom. The van der Waals surface area contributed by atoms with Crippen molar-refractivity contribution < 1.29 is 28.2 Å². The lowest BCUT2D eigenvalue weighted by atomic mass is 9.93. The molecule has 10 heteroatoms. The highest BCUT2D eigenvalue weighted by molar-refractivity contribution is 5.95. The van der Waals surface area contributed by atoms with E-state index in [2.05, 4.69) is 15.3 Å². The quantitative estimate of drug-likeness (QED) is 0.532. The standard InChI is InChI=1S/C27H25FN4O5/c1-26(2,25(35)32-11-9-27(15-32)19-8-10-30-14-18(19)24(34)37-27)36-22-7-5-16(12-20(22)28)17-4-6-21(31-13-17)23(33)29-3/h4-8,10,12-14H,9,11,15H2,1-3H3,(H,29,33)/t27-/m0/s1. The molecule has 0 aliphatic carbocycles.